The van der Waals surface area contributed by atoms with E-state index < -0.39 is 0 Å². The summed E-state index contributed by atoms with van der Waals surface area (Å²) in [6.07, 6.45) is 4.47. The summed E-state index contributed by atoms with van der Waals surface area (Å²) in [7, 11) is 3.77. The summed E-state index contributed by atoms with van der Waals surface area (Å²) in [5.41, 5.74) is 3.21. The maximum absolute atomic E-state index is 5.81. The first-order valence-corrected chi connectivity index (χ1v) is 7.59. The first-order chi connectivity index (χ1) is 9.54. The van der Waals surface area contributed by atoms with Crippen LogP contribution in [-0.4, -0.2) is 30.7 Å². The molecule has 112 valence electrons. The Morgan fingerprint density at radius 2 is 1.75 bits per heavy atom. The van der Waals surface area contributed by atoms with Crippen molar-refractivity contribution in [3.63, 3.8) is 0 Å². The minimum atomic E-state index is -0.250. The quantitative estimate of drug-likeness (QED) is 0.899. The van der Waals surface area contributed by atoms with Crippen molar-refractivity contribution in [2.24, 2.45) is 0 Å². The zero-order valence-corrected chi connectivity index (χ0v) is 13.4. The Morgan fingerprint density at radius 3 is 2.20 bits per heavy atom. The third-order valence-corrected chi connectivity index (χ3v) is 4.54. The zero-order chi connectivity index (χ0) is 14.8. The van der Waals surface area contributed by atoms with E-state index in [-0.39, 0.29) is 5.60 Å². The molecule has 1 unspecified atom stereocenters. The number of likely N-dealkylation sites (N-methyl/N-ethyl adjacent to an activating group) is 1. The predicted octanol–water partition coefficient (Wildman–Crippen LogP) is 2.83. The molecular weight excluding hydrogens is 250 g/mol. The van der Waals surface area contributed by atoms with Crippen LogP contribution in [0.5, 0.6) is 0 Å². The number of hydrogen-bond donors (Lipinski definition) is 1. The van der Waals surface area contributed by atoms with Crippen molar-refractivity contribution in [1.29, 1.82) is 0 Å². The number of aryl methyl sites for hydroxylation is 2. The first kappa shape index (κ1) is 15.4. The van der Waals surface area contributed by atoms with E-state index in [4.69, 9.17) is 14.7 Å². The standard InChI is InChI=1S/C16H27N3O/c1-11(10-17-4)14-12(2)18-15(19-13(14)3)16(20-5)8-6-7-9-16/h11,17H,6-10H2,1-5H3. The van der Waals surface area contributed by atoms with Gasteiger partial charge in [0.2, 0.25) is 0 Å². The second-order valence-corrected chi connectivity index (χ2v) is 6.00. The van der Waals surface area contributed by atoms with E-state index in [9.17, 15) is 0 Å². The van der Waals surface area contributed by atoms with Crippen LogP contribution in [0.3, 0.4) is 0 Å². The highest BCUT2D eigenvalue weighted by atomic mass is 16.5. The molecule has 1 atom stereocenters. The molecule has 0 radical (unpaired) electrons. The normalized spacial score (nSPS) is 19.2. The van der Waals surface area contributed by atoms with E-state index in [1.54, 1.807) is 7.11 Å². The van der Waals surface area contributed by atoms with E-state index in [0.29, 0.717) is 5.92 Å². The second kappa shape index (κ2) is 6.19. The number of nitrogens with zero attached hydrogens (tertiary/aromatic N) is 2. The molecule has 1 aliphatic rings. The molecule has 1 aromatic heterocycles. The van der Waals surface area contributed by atoms with Gasteiger partial charge < -0.3 is 10.1 Å². The van der Waals surface area contributed by atoms with Gasteiger partial charge in [-0.2, -0.15) is 0 Å². The predicted molar refractivity (Wildman–Crippen MR) is 81.0 cm³/mol. The lowest BCUT2D eigenvalue weighted by Crippen LogP contribution is -2.29. The van der Waals surface area contributed by atoms with Crippen LogP contribution >= 0.6 is 0 Å². The summed E-state index contributed by atoms with van der Waals surface area (Å²) in [6.45, 7) is 7.35. The Hall–Kier alpha value is -1.00. The topological polar surface area (TPSA) is 47.0 Å². The first-order valence-electron chi connectivity index (χ1n) is 7.59. The van der Waals surface area contributed by atoms with Crippen molar-refractivity contribution < 1.29 is 4.74 Å². The van der Waals surface area contributed by atoms with Crippen molar-refractivity contribution in [2.75, 3.05) is 20.7 Å². The fourth-order valence-corrected chi connectivity index (χ4v) is 3.52. The van der Waals surface area contributed by atoms with Gasteiger partial charge >= 0.3 is 0 Å². The van der Waals surface area contributed by atoms with E-state index >= 15 is 0 Å². The highest BCUT2D eigenvalue weighted by Gasteiger charge is 2.39. The number of methoxy groups -OCH3 is 1. The molecule has 1 N–H and O–H groups in total. The molecule has 20 heavy (non-hydrogen) atoms. The van der Waals surface area contributed by atoms with Crippen LogP contribution < -0.4 is 5.32 Å². The molecule has 1 saturated carbocycles. The fourth-order valence-electron chi connectivity index (χ4n) is 3.52. The van der Waals surface area contributed by atoms with Crippen LogP contribution in [0.2, 0.25) is 0 Å². The zero-order valence-electron chi connectivity index (χ0n) is 13.4. The van der Waals surface area contributed by atoms with Crippen LogP contribution in [0, 0.1) is 13.8 Å². The minimum absolute atomic E-state index is 0.250. The van der Waals surface area contributed by atoms with E-state index in [1.807, 2.05) is 7.05 Å². The SMILES string of the molecule is CNCC(C)c1c(C)nc(C2(OC)CCCC2)nc1C. The fraction of sp³-hybridized carbons (Fsp3) is 0.750. The van der Waals surface area contributed by atoms with Crippen molar-refractivity contribution in [2.45, 2.75) is 58.0 Å². The molecular formula is C16H27N3O. The Morgan fingerprint density at radius 1 is 1.20 bits per heavy atom. The minimum Gasteiger partial charge on any atom is -0.370 e. The van der Waals surface area contributed by atoms with Gasteiger partial charge in [-0.3, -0.25) is 0 Å². The van der Waals surface area contributed by atoms with Gasteiger partial charge in [0.25, 0.3) is 0 Å². The maximum Gasteiger partial charge on any atom is 0.160 e. The summed E-state index contributed by atoms with van der Waals surface area (Å²) in [5.74, 6) is 1.31. The molecule has 1 aromatic rings. The number of rotatable bonds is 5. The van der Waals surface area contributed by atoms with Gasteiger partial charge in [0.05, 0.1) is 0 Å². The Bertz CT molecular complexity index is 444. The Kier molecular flexibility index (Phi) is 4.76. The third-order valence-electron chi connectivity index (χ3n) is 4.54. The van der Waals surface area contributed by atoms with Crippen LogP contribution in [0.4, 0.5) is 0 Å². The lowest BCUT2D eigenvalue weighted by molar-refractivity contribution is -0.0166. The van der Waals surface area contributed by atoms with Crippen LogP contribution in [-0.2, 0) is 10.3 Å². The number of ether oxygens (including phenoxy) is 1. The van der Waals surface area contributed by atoms with Crippen molar-refractivity contribution in [1.82, 2.24) is 15.3 Å². The second-order valence-electron chi connectivity index (χ2n) is 6.00. The third kappa shape index (κ3) is 2.72. The van der Waals surface area contributed by atoms with Crippen molar-refractivity contribution >= 4 is 0 Å². The molecule has 4 nitrogen and oxygen atoms in total. The molecule has 0 amide bonds. The number of nitrogens with one attached hydrogen (secondary N) is 1. The molecule has 0 aromatic carbocycles. The lowest BCUT2D eigenvalue weighted by atomic mass is 9.95. The van der Waals surface area contributed by atoms with Crippen LogP contribution in [0.15, 0.2) is 0 Å². The van der Waals surface area contributed by atoms with Crippen molar-refractivity contribution in [3.8, 4) is 0 Å². The van der Waals surface area contributed by atoms with Crippen LogP contribution in [0.25, 0.3) is 0 Å². The maximum atomic E-state index is 5.81. The molecule has 0 spiro atoms. The van der Waals surface area contributed by atoms with Gasteiger partial charge in [-0.1, -0.05) is 6.92 Å². The van der Waals surface area contributed by atoms with E-state index in [0.717, 1.165) is 36.6 Å². The molecule has 0 aliphatic heterocycles. The summed E-state index contributed by atoms with van der Waals surface area (Å²) in [6, 6.07) is 0. The smallest absolute Gasteiger partial charge is 0.160 e. The Labute approximate surface area is 122 Å². The van der Waals surface area contributed by atoms with Gasteiger partial charge in [0.15, 0.2) is 5.82 Å². The number of hydrogen-bond acceptors (Lipinski definition) is 4. The highest BCUT2D eigenvalue weighted by Crippen LogP contribution is 2.40. The van der Waals surface area contributed by atoms with Gasteiger partial charge in [-0.25, -0.2) is 9.97 Å². The van der Waals surface area contributed by atoms with E-state index in [2.05, 4.69) is 26.1 Å². The van der Waals surface area contributed by atoms with Crippen molar-refractivity contribution in [3.05, 3.63) is 22.8 Å². The molecule has 2 rings (SSSR count). The lowest BCUT2D eigenvalue weighted by Gasteiger charge is -2.27. The van der Waals surface area contributed by atoms with Gasteiger partial charge in [0, 0.05) is 25.0 Å². The average Bonchev–Trinajstić information content (AvgIpc) is 2.88. The Balaban J connectivity index is 2.39. The average molecular weight is 277 g/mol. The largest absolute Gasteiger partial charge is 0.370 e. The summed E-state index contributed by atoms with van der Waals surface area (Å²) >= 11 is 0. The molecule has 0 saturated heterocycles. The van der Waals surface area contributed by atoms with Gasteiger partial charge in [0.1, 0.15) is 5.60 Å². The monoisotopic (exact) mass is 277 g/mol. The molecule has 4 heteroatoms. The summed E-state index contributed by atoms with van der Waals surface area (Å²) in [5, 5.41) is 3.23. The molecule has 0 bridgehead atoms. The van der Waals surface area contributed by atoms with Gasteiger partial charge in [-0.05, 0) is 58.1 Å². The van der Waals surface area contributed by atoms with Gasteiger partial charge in [-0.15, -0.1) is 0 Å². The van der Waals surface area contributed by atoms with E-state index in [1.165, 1.54) is 18.4 Å². The molecule has 1 heterocycles. The highest BCUT2D eigenvalue weighted by molar-refractivity contribution is 5.29. The number of aromatic nitrogens is 2. The molecule has 1 aliphatic carbocycles. The summed E-state index contributed by atoms with van der Waals surface area (Å²) in [4.78, 5) is 9.60. The summed E-state index contributed by atoms with van der Waals surface area (Å²) < 4.78 is 5.81. The van der Waals surface area contributed by atoms with Crippen LogP contribution in [0.1, 0.15) is 61.3 Å². The molecule has 1 fully saturated rings.